The fraction of sp³-hybridized carbons (Fsp3) is 0.308. The van der Waals surface area contributed by atoms with E-state index in [1.54, 1.807) is 12.1 Å². The Hall–Kier alpha value is -2.17. The van der Waals surface area contributed by atoms with E-state index < -0.39 is 4.92 Å². The van der Waals surface area contributed by atoms with Crippen molar-refractivity contribution in [2.45, 2.75) is 12.8 Å². The second kappa shape index (κ2) is 5.00. The highest BCUT2D eigenvalue weighted by Gasteiger charge is 2.15. The van der Waals surface area contributed by atoms with E-state index in [9.17, 15) is 14.9 Å². The van der Waals surface area contributed by atoms with E-state index >= 15 is 0 Å². The predicted molar refractivity (Wildman–Crippen MR) is 67.4 cm³/mol. The Morgan fingerprint density at radius 2 is 2.28 bits per heavy atom. The van der Waals surface area contributed by atoms with Crippen LogP contribution in [0, 0.1) is 10.1 Å². The van der Waals surface area contributed by atoms with Gasteiger partial charge in [0.1, 0.15) is 0 Å². The first-order valence-corrected chi connectivity index (χ1v) is 5.78. The van der Waals surface area contributed by atoms with E-state index in [0.717, 1.165) is 25.1 Å². The number of hydrogen-bond donors (Lipinski definition) is 0. The molecule has 0 spiro atoms. The molecule has 1 aromatic rings. The van der Waals surface area contributed by atoms with Gasteiger partial charge in [-0.05, 0) is 12.8 Å². The molecule has 1 saturated heterocycles. The zero-order chi connectivity index (χ0) is 13.1. The Kier molecular flexibility index (Phi) is 3.41. The van der Waals surface area contributed by atoms with Crippen molar-refractivity contribution in [3.05, 3.63) is 51.7 Å². The molecule has 0 N–H and O–H groups in total. The summed E-state index contributed by atoms with van der Waals surface area (Å²) in [6.45, 7) is 0.952. The van der Waals surface area contributed by atoms with Crippen LogP contribution in [0.25, 0.3) is 0 Å². The van der Waals surface area contributed by atoms with Gasteiger partial charge in [-0.1, -0.05) is 12.1 Å². The summed E-state index contributed by atoms with van der Waals surface area (Å²) in [6.07, 6.45) is 3.51. The molecule has 0 unspecified atom stereocenters. The van der Waals surface area contributed by atoms with Crippen LogP contribution in [0.4, 0.5) is 5.69 Å². The van der Waals surface area contributed by atoms with Crippen LogP contribution in [-0.4, -0.2) is 29.2 Å². The first kappa shape index (κ1) is 12.3. The van der Waals surface area contributed by atoms with Crippen molar-refractivity contribution in [3.8, 4) is 0 Å². The van der Waals surface area contributed by atoms with Gasteiger partial charge in [0, 0.05) is 43.1 Å². The molecule has 0 radical (unpaired) electrons. The van der Waals surface area contributed by atoms with E-state index in [-0.39, 0.29) is 11.5 Å². The lowest BCUT2D eigenvalue weighted by Gasteiger charge is -2.11. The van der Waals surface area contributed by atoms with Gasteiger partial charge in [0.2, 0.25) is 0 Å². The number of likely N-dealkylation sites (tertiary alicyclic amines) is 1. The molecule has 0 bridgehead atoms. The SMILES string of the molecule is CN1CCC/C1=C/C(=O)c1cccc([N+](=O)[O-])c1. The van der Waals surface area contributed by atoms with Crippen molar-refractivity contribution >= 4 is 11.5 Å². The number of nitro benzene ring substituents is 1. The highest BCUT2D eigenvalue weighted by atomic mass is 16.6. The fourth-order valence-electron chi connectivity index (χ4n) is 2.02. The molecule has 2 rings (SSSR count). The summed E-state index contributed by atoms with van der Waals surface area (Å²) in [5.41, 5.74) is 1.29. The number of ketones is 1. The molecule has 0 saturated carbocycles. The first-order valence-electron chi connectivity index (χ1n) is 5.78. The minimum absolute atomic E-state index is 0.0565. The van der Waals surface area contributed by atoms with E-state index in [0.29, 0.717) is 5.56 Å². The molecule has 1 aliphatic rings. The quantitative estimate of drug-likeness (QED) is 0.355. The lowest BCUT2D eigenvalue weighted by atomic mass is 10.1. The number of nitrogens with zero attached hydrogens (tertiary/aromatic N) is 2. The van der Waals surface area contributed by atoms with Crippen LogP contribution in [0.15, 0.2) is 36.0 Å². The van der Waals surface area contributed by atoms with Gasteiger partial charge < -0.3 is 4.90 Å². The third kappa shape index (κ3) is 2.56. The average molecular weight is 246 g/mol. The fourth-order valence-corrected chi connectivity index (χ4v) is 2.02. The maximum absolute atomic E-state index is 12.0. The first-order chi connectivity index (χ1) is 8.58. The lowest BCUT2D eigenvalue weighted by Crippen LogP contribution is -2.11. The van der Waals surface area contributed by atoms with Crippen molar-refractivity contribution < 1.29 is 9.72 Å². The summed E-state index contributed by atoms with van der Waals surface area (Å²) in [7, 11) is 1.94. The summed E-state index contributed by atoms with van der Waals surface area (Å²) in [6, 6.07) is 5.82. The van der Waals surface area contributed by atoms with E-state index in [1.807, 2.05) is 11.9 Å². The molecule has 5 heteroatoms. The van der Waals surface area contributed by atoms with Gasteiger partial charge in [-0.15, -0.1) is 0 Å². The minimum atomic E-state index is -0.494. The van der Waals surface area contributed by atoms with Crippen LogP contribution in [0.1, 0.15) is 23.2 Å². The van der Waals surface area contributed by atoms with Gasteiger partial charge in [0.05, 0.1) is 4.92 Å². The largest absolute Gasteiger partial charge is 0.378 e. The van der Waals surface area contributed by atoms with Gasteiger partial charge in [-0.2, -0.15) is 0 Å². The van der Waals surface area contributed by atoms with E-state index in [4.69, 9.17) is 0 Å². The van der Waals surface area contributed by atoms with Crippen LogP contribution >= 0.6 is 0 Å². The second-order valence-electron chi connectivity index (χ2n) is 4.33. The molecule has 1 aromatic carbocycles. The zero-order valence-electron chi connectivity index (χ0n) is 10.1. The summed E-state index contributed by atoms with van der Waals surface area (Å²) >= 11 is 0. The average Bonchev–Trinajstić information content (AvgIpc) is 2.75. The van der Waals surface area contributed by atoms with Crippen molar-refractivity contribution in [2.75, 3.05) is 13.6 Å². The smallest absolute Gasteiger partial charge is 0.270 e. The number of allylic oxidation sites excluding steroid dienone is 2. The molecular weight excluding hydrogens is 232 g/mol. The third-order valence-electron chi connectivity index (χ3n) is 3.06. The van der Waals surface area contributed by atoms with Gasteiger partial charge in [0.15, 0.2) is 5.78 Å². The summed E-state index contributed by atoms with van der Waals surface area (Å²) < 4.78 is 0. The molecule has 0 amide bonds. The highest BCUT2D eigenvalue weighted by Crippen LogP contribution is 2.20. The Bertz CT molecular complexity index is 523. The minimum Gasteiger partial charge on any atom is -0.378 e. The number of carbonyl (C=O) groups excluding carboxylic acids is 1. The zero-order valence-corrected chi connectivity index (χ0v) is 10.1. The number of benzene rings is 1. The second-order valence-corrected chi connectivity index (χ2v) is 4.33. The molecule has 1 fully saturated rings. The molecule has 5 nitrogen and oxygen atoms in total. The van der Waals surface area contributed by atoms with Gasteiger partial charge in [-0.25, -0.2) is 0 Å². The summed E-state index contributed by atoms with van der Waals surface area (Å²) in [4.78, 5) is 24.2. The monoisotopic (exact) mass is 246 g/mol. The van der Waals surface area contributed by atoms with Crippen LogP contribution in [0.3, 0.4) is 0 Å². The molecular formula is C13H14N2O3. The summed E-state index contributed by atoms with van der Waals surface area (Å²) in [5, 5.41) is 10.6. The van der Waals surface area contributed by atoms with Crippen molar-refractivity contribution in [1.29, 1.82) is 0 Å². The third-order valence-corrected chi connectivity index (χ3v) is 3.06. The Balaban J connectivity index is 2.24. The summed E-state index contributed by atoms with van der Waals surface area (Å²) in [5.74, 6) is -0.178. The van der Waals surface area contributed by atoms with Crippen LogP contribution in [0.5, 0.6) is 0 Å². The molecule has 94 valence electrons. The standard InChI is InChI=1S/C13H14N2O3/c1-14-7-3-6-11(14)9-13(16)10-4-2-5-12(8-10)15(17)18/h2,4-5,8-9H,3,6-7H2,1H3/b11-9-. The van der Waals surface area contributed by atoms with E-state index in [2.05, 4.69) is 0 Å². The van der Waals surface area contributed by atoms with Gasteiger partial charge in [-0.3, -0.25) is 14.9 Å². The Morgan fingerprint density at radius 3 is 2.89 bits per heavy atom. The molecule has 0 atom stereocenters. The van der Waals surface area contributed by atoms with Crippen molar-refractivity contribution in [1.82, 2.24) is 4.90 Å². The maximum Gasteiger partial charge on any atom is 0.270 e. The highest BCUT2D eigenvalue weighted by molar-refractivity contribution is 6.05. The van der Waals surface area contributed by atoms with Gasteiger partial charge >= 0.3 is 0 Å². The number of rotatable bonds is 3. The van der Waals surface area contributed by atoms with E-state index in [1.165, 1.54) is 18.2 Å². The predicted octanol–water partition coefficient (Wildman–Crippen LogP) is 2.39. The number of nitro groups is 1. The molecule has 0 aliphatic carbocycles. The van der Waals surface area contributed by atoms with Crippen LogP contribution < -0.4 is 0 Å². The Morgan fingerprint density at radius 1 is 1.50 bits per heavy atom. The van der Waals surface area contributed by atoms with Crippen molar-refractivity contribution in [3.63, 3.8) is 0 Å². The number of non-ortho nitro benzene ring substituents is 1. The number of hydrogen-bond acceptors (Lipinski definition) is 4. The molecule has 1 aliphatic heterocycles. The Labute approximate surface area is 105 Å². The van der Waals surface area contributed by atoms with Crippen LogP contribution in [-0.2, 0) is 0 Å². The van der Waals surface area contributed by atoms with Gasteiger partial charge in [0.25, 0.3) is 5.69 Å². The molecule has 0 aromatic heterocycles. The number of carbonyl (C=O) groups is 1. The molecule has 1 heterocycles. The normalized spacial score (nSPS) is 17.2. The lowest BCUT2D eigenvalue weighted by molar-refractivity contribution is -0.384. The topological polar surface area (TPSA) is 63.5 Å². The molecule has 18 heavy (non-hydrogen) atoms. The van der Waals surface area contributed by atoms with Crippen molar-refractivity contribution in [2.24, 2.45) is 0 Å². The maximum atomic E-state index is 12.0. The van der Waals surface area contributed by atoms with Crippen LogP contribution in [0.2, 0.25) is 0 Å².